The number of nitrogens with two attached hydrogens (primary N) is 1. The van der Waals surface area contributed by atoms with Crippen LogP contribution in [0.3, 0.4) is 0 Å². The Hall–Kier alpha value is -1.62. The van der Waals surface area contributed by atoms with Gasteiger partial charge >= 0.3 is 0 Å². The van der Waals surface area contributed by atoms with Gasteiger partial charge in [-0.2, -0.15) is 0 Å². The van der Waals surface area contributed by atoms with Gasteiger partial charge in [0.05, 0.1) is 0 Å². The van der Waals surface area contributed by atoms with Crippen LogP contribution in [0, 0.1) is 0 Å². The van der Waals surface area contributed by atoms with Gasteiger partial charge in [-0.05, 0) is 54.7 Å². The maximum Gasteiger partial charge on any atom is 0.255 e. The molecular weight excluding hydrogens is 321 g/mol. The van der Waals surface area contributed by atoms with Gasteiger partial charge in [-0.3, -0.25) is 4.79 Å². The Labute approximate surface area is 138 Å². The summed E-state index contributed by atoms with van der Waals surface area (Å²) in [5.74, 6) is -0.265. The molecule has 3 N–H and O–H groups in total. The van der Waals surface area contributed by atoms with Crippen molar-refractivity contribution in [1.29, 1.82) is 0 Å². The van der Waals surface area contributed by atoms with E-state index in [0.29, 0.717) is 5.56 Å². The molecular formula is C16H15Cl2N3O. The van der Waals surface area contributed by atoms with E-state index in [4.69, 9.17) is 28.9 Å². The smallest absolute Gasteiger partial charge is 0.255 e. The fourth-order valence-electron chi connectivity index (χ4n) is 2.66. The van der Waals surface area contributed by atoms with Crippen LogP contribution < -0.4 is 11.1 Å². The Morgan fingerprint density at radius 2 is 1.91 bits per heavy atom. The summed E-state index contributed by atoms with van der Waals surface area (Å²) in [5, 5.41) is 3.24. The van der Waals surface area contributed by atoms with Gasteiger partial charge in [-0.1, -0.05) is 29.3 Å². The molecule has 1 amide bonds. The molecule has 22 heavy (non-hydrogen) atoms. The van der Waals surface area contributed by atoms with Gasteiger partial charge in [-0.25, -0.2) is 4.98 Å². The summed E-state index contributed by atoms with van der Waals surface area (Å²) < 4.78 is 0. The highest BCUT2D eigenvalue weighted by atomic mass is 35.5. The lowest BCUT2D eigenvalue weighted by Crippen LogP contribution is -2.27. The molecule has 0 saturated heterocycles. The van der Waals surface area contributed by atoms with Crippen molar-refractivity contribution in [3.63, 3.8) is 0 Å². The summed E-state index contributed by atoms with van der Waals surface area (Å²) in [4.78, 5) is 16.1. The third kappa shape index (κ3) is 3.40. The second-order valence-electron chi connectivity index (χ2n) is 5.44. The Bertz CT molecular complexity index is 713. The number of carbonyl (C=O) groups excluding carboxylic acids is 1. The van der Waals surface area contributed by atoms with E-state index < -0.39 is 0 Å². The summed E-state index contributed by atoms with van der Waals surface area (Å²) in [6, 6.07) is 9.12. The van der Waals surface area contributed by atoms with E-state index in [0.717, 1.165) is 24.9 Å². The normalized spacial score (nSPS) is 17.0. The van der Waals surface area contributed by atoms with Gasteiger partial charge in [0.1, 0.15) is 10.3 Å². The summed E-state index contributed by atoms with van der Waals surface area (Å²) in [5.41, 5.74) is 9.60. The minimum Gasteiger partial charge on any atom is -0.327 e. The maximum atomic E-state index is 12.3. The van der Waals surface area contributed by atoms with E-state index in [-0.39, 0.29) is 22.3 Å². The molecule has 0 saturated carbocycles. The molecule has 0 aliphatic heterocycles. The lowest BCUT2D eigenvalue weighted by molar-refractivity contribution is 0.102. The number of aryl methyl sites for hydroxylation is 1. The molecule has 4 nitrogen and oxygen atoms in total. The fraction of sp³-hybridized carbons (Fsp3) is 0.250. The quantitative estimate of drug-likeness (QED) is 0.826. The molecule has 1 aliphatic carbocycles. The number of fused-ring (bicyclic) bond motifs is 1. The van der Waals surface area contributed by atoms with Gasteiger partial charge < -0.3 is 11.1 Å². The van der Waals surface area contributed by atoms with Crippen molar-refractivity contribution in [2.45, 2.75) is 25.3 Å². The van der Waals surface area contributed by atoms with Gasteiger partial charge in [0.25, 0.3) is 5.91 Å². The van der Waals surface area contributed by atoms with Crippen LogP contribution in [0.1, 0.15) is 27.9 Å². The average Bonchev–Trinajstić information content (AvgIpc) is 2.46. The number of carbonyl (C=O) groups is 1. The first kappa shape index (κ1) is 15.3. The van der Waals surface area contributed by atoms with Crippen molar-refractivity contribution < 1.29 is 4.79 Å². The number of nitrogens with zero attached hydrogens (tertiary/aromatic N) is 1. The largest absolute Gasteiger partial charge is 0.327 e. The topological polar surface area (TPSA) is 68.0 Å². The summed E-state index contributed by atoms with van der Waals surface area (Å²) >= 11 is 11.6. The summed E-state index contributed by atoms with van der Waals surface area (Å²) in [6.07, 6.45) is 2.80. The van der Waals surface area contributed by atoms with Crippen LogP contribution in [0.15, 0.2) is 30.3 Å². The first-order valence-corrected chi connectivity index (χ1v) is 7.78. The number of nitrogens with one attached hydrogen (secondary N) is 1. The molecule has 2 aromatic rings. The lowest BCUT2D eigenvalue weighted by Gasteiger charge is -2.22. The van der Waals surface area contributed by atoms with Crippen molar-refractivity contribution in [3.05, 3.63) is 57.3 Å². The molecule has 0 radical (unpaired) electrons. The molecule has 3 rings (SSSR count). The Balaban J connectivity index is 1.79. The van der Waals surface area contributed by atoms with E-state index >= 15 is 0 Å². The zero-order chi connectivity index (χ0) is 15.7. The molecule has 114 valence electrons. The lowest BCUT2D eigenvalue weighted by atomic mass is 9.88. The maximum absolute atomic E-state index is 12.3. The van der Waals surface area contributed by atoms with Gasteiger partial charge in [0.15, 0.2) is 0 Å². The van der Waals surface area contributed by atoms with Crippen LogP contribution in [0.25, 0.3) is 0 Å². The SMILES string of the molecule is N[C@H]1CCc2cc(NC(=O)c3cc(Cl)nc(Cl)c3)ccc2C1. The van der Waals surface area contributed by atoms with Crippen LogP contribution in [0.4, 0.5) is 5.69 Å². The van der Waals surface area contributed by atoms with Crippen molar-refractivity contribution in [1.82, 2.24) is 4.98 Å². The molecule has 0 unspecified atom stereocenters. The van der Waals surface area contributed by atoms with E-state index in [2.05, 4.69) is 10.3 Å². The highest BCUT2D eigenvalue weighted by Crippen LogP contribution is 2.24. The van der Waals surface area contributed by atoms with Gasteiger partial charge in [0, 0.05) is 17.3 Å². The molecule has 1 aromatic carbocycles. The predicted molar refractivity (Wildman–Crippen MR) is 88.7 cm³/mol. The Morgan fingerprint density at radius 3 is 2.64 bits per heavy atom. The third-order valence-electron chi connectivity index (χ3n) is 3.76. The second kappa shape index (κ2) is 6.24. The highest BCUT2D eigenvalue weighted by molar-refractivity contribution is 6.33. The minimum atomic E-state index is -0.265. The number of halogens is 2. The van der Waals surface area contributed by atoms with E-state index in [1.165, 1.54) is 23.3 Å². The number of benzene rings is 1. The van der Waals surface area contributed by atoms with Crippen molar-refractivity contribution in [2.75, 3.05) is 5.32 Å². The number of aromatic nitrogens is 1. The molecule has 0 fully saturated rings. The fourth-order valence-corrected chi connectivity index (χ4v) is 3.12. The number of rotatable bonds is 2. The highest BCUT2D eigenvalue weighted by Gasteiger charge is 2.16. The molecule has 1 aliphatic rings. The third-order valence-corrected chi connectivity index (χ3v) is 4.14. The van der Waals surface area contributed by atoms with Gasteiger partial charge in [-0.15, -0.1) is 0 Å². The van der Waals surface area contributed by atoms with Crippen molar-refractivity contribution >= 4 is 34.8 Å². The van der Waals surface area contributed by atoms with Gasteiger partial charge in [0.2, 0.25) is 0 Å². The Kier molecular flexibility index (Phi) is 4.34. The van der Waals surface area contributed by atoms with Crippen molar-refractivity contribution in [3.8, 4) is 0 Å². The van der Waals surface area contributed by atoms with E-state index in [9.17, 15) is 4.79 Å². The molecule has 1 atom stereocenters. The minimum absolute atomic E-state index is 0.192. The standard InChI is InChI=1S/C16H15Cl2N3O/c17-14-7-11(8-15(18)21-14)16(22)20-13-4-2-9-5-12(19)3-1-10(9)6-13/h2,4,6-8,12H,1,3,5,19H2,(H,20,22)/t12-/m0/s1. The van der Waals surface area contributed by atoms with E-state index in [1.54, 1.807) is 0 Å². The van der Waals surface area contributed by atoms with Crippen LogP contribution in [0.5, 0.6) is 0 Å². The van der Waals surface area contributed by atoms with Crippen LogP contribution in [0.2, 0.25) is 10.3 Å². The van der Waals surface area contributed by atoms with Crippen LogP contribution in [-0.2, 0) is 12.8 Å². The van der Waals surface area contributed by atoms with Crippen LogP contribution >= 0.6 is 23.2 Å². The number of hydrogen-bond donors (Lipinski definition) is 2. The number of pyridine rings is 1. The molecule has 1 heterocycles. The molecule has 1 aromatic heterocycles. The number of anilines is 1. The second-order valence-corrected chi connectivity index (χ2v) is 6.22. The number of hydrogen-bond acceptors (Lipinski definition) is 3. The zero-order valence-electron chi connectivity index (χ0n) is 11.8. The van der Waals surface area contributed by atoms with E-state index in [1.807, 2.05) is 18.2 Å². The zero-order valence-corrected chi connectivity index (χ0v) is 13.3. The van der Waals surface area contributed by atoms with Crippen molar-refractivity contribution in [2.24, 2.45) is 5.73 Å². The Morgan fingerprint density at radius 1 is 1.18 bits per heavy atom. The summed E-state index contributed by atoms with van der Waals surface area (Å²) in [7, 11) is 0. The molecule has 0 spiro atoms. The molecule has 6 heteroatoms. The summed E-state index contributed by atoms with van der Waals surface area (Å²) in [6.45, 7) is 0. The molecule has 0 bridgehead atoms. The first-order valence-electron chi connectivity index (χ1n) is 7.03. The first-order chi connectivity index (χ1) is 10.5. The predicted octanol–water partition coefficient (Wildman–Crippen LogP) is 3.46. The monoisotopic (exact) mass is 335 g/mol. The van der Waals surface area contributed by atoms with Crippen LogP contribution in [-0.4, -0.2) is 16.9 Å². The average molecular weight is 336 g/mol. The number of amides is 1.